The number of hydrogen-bond donors (Lipinski definition) is 2. The largest absolute Gasteiger partial charge is 0.277 e. The minimum absolute atomic E-state index is 0.263. The lowest BCUT2D eigenvalue weighted by molar-refractivity contribution is 0.566. The Morgan fingerprint density at radius 3 is 2.52 bits per heavy atom. The van der Waals surface area contributed by atoms with Gasteiger partial charge in [0, 0.05) is 42.8 Å². The Bertz CT molecular complexity index is 897. The molecule has 0 unspecified atom stereocenters. The van der Waals surface area contributed by atoms with Crippen LogP contribution in [0.4, 0.5) is 0 Å². The molecule has 0 saturated carbocycles. The number of nitrogens with zero attached hydrogens (tertiary/aromatic N) is 2. The summed E-state index contributed by atoms with van der Waals surface area (Å²) >= 11 is 1.54. The van der Waals surface area contributed by atoms with E-state index in [4.69, 9.17) is 0 Å². The first-order chi connectivity index (χ1) is 12.1. The van der Waals surface area contributed by atoms with Crippen LogP contribution >= 0.6 is 11.3 Å². The summed E-state index contributed by atoms with van der Waals surface area (Å²) in [7, 11) is -3.53. The summed E-state index contributed by atoms with van der Waals surface area (Å²) in [5.74, 6) is 0. The van der Waals surface area contributed by atoms with Crippen LogP contribution in [0.15, 0.2) is 60.2 Å². The van der Waals surface area contributed by atoms with Crippen LogP contribution in [0, 0.1) is 0 Å². The van der Waals surface area contributed by atoms with E-state index in [9.17, 15) is 8.42 Å². The van der Waals surface area contributed by atoms with Crippen molar-refractivity contribution in [2.24, 2.45) is 0 Å². The van der Waals surface area contributed by atoms with Gasteiger partial charge in [-0.25, -0.2) is 9.71 Å². The molecule has 1 aromatic carbocycles. The average Bonchev–Trinajstić information content (AvgIpc) is 3.11. The van der Waals surface area contributed by atoms with Crippen LogP contribution in [0.25, 0.3) is 10.6 Å². The van der Waals surface area contributed by atoms with E-state index in [0.29, 0.717) is 13.0 Å². The van der Waals surface area contributed by atoms with Gasteiger partial charge < -0.3 is 0 Å². The van der Waals surface area contributed by atoms with E-state index < -0.39 is 10.2 Å². The molecule has 2 N–H and O–H groups in total. The molecule has 0 amide bonds. The first-order valence-corrected chi connectivity index (χ1v) is 10.1. The van der Waals surface area contributed by atoms with Gasteiger partial charge in [0.15, 0.2) is 0 Å². The van der Waals surface area contributed by atoms with Crippen molar-refractivity contribution in [3.63, 3.8) is 0 Å². The number of hydrogen-bond acceptors (Lipinski definition) is 5. The zero-order valence-electron chi connectivity index (χ0n) is 13.4. The van der Waals surface area contributed by atoms with Gasteiger partial charge in [-0.05, 0) is 17.7 Å². The zero-order valence-corrected chi connectivity index (χ0v) is 15.1. The van der Waals surface area contributed by atoms with Gasteiger partial charge >= 0.3 is 0 Å². The molecule has 2 aromatic heterocycles. The molecule has 25 heavy (non-hydrogen) atoms. The summed E-state index contributed by atoms with van der Waals surface area (Å²) in [5, 5.41) is 2.85. The van der Waals surface area contributed by atoms with E-state index in [2.05, 4.69) is 19.4 Å². The predicted octanol–water partition coefficient (Wildman–Crippen LogP) is 2.37. The number of nitrogens with one attached hydrogen (secondary N) is 2. The molecular formula is C17H18N4O2S2. The van der Waals surface area contributed by atoms with Crippen LogP contribution in [-0.4, -0.2) is 24.9 Å². The molecule has 0 fully saturated rings. The molecule has 3 rings (SSSR count). The molecule has 130 valence electrons. The van der Waals surface area contributed by atoms with Gasteiger partial charge in [0.05, 0.1) is 5.69 Å². The van der Waals surface area contributed by atoms with E-state index in [1.165, 1.54) is 11.3 Å². The topological polar surface area (TPSA) is 84.0 Å². The maximum absolute atomic E-state index is 12.0. The summed E-state index contributed by atoms with van der Waals surface area (Å²) < 4.78 is 29.0. The number of benzene rings is 1. The van der Waals surface area contributed by atoms with Crippen LogP contribution < -0.4 is 9.44 Å². The fourth-order valence-corrected chi connectivity index (χ4v) is 3.88. The highest BCUT2D eigenvalue weighted by atomic mass is 32.2. The Hall–Kier alpha value is -2.13. The van der Waals surface area contributed by atoms with Gasteiger partial charge in [-0.3, -0.25) is 4.98 Å². The smallest absolute Gasteiger partial charge is 0.265 e. The second-order valence-electron chi connectivity index (χ2n) is 5.33. The molecule has 2 heterocycles. The highest BCUT2D eigenvalue weighted by molar-refractivity contribution is 7.87. The summed E-state index contributed by atoms with van der Waals surface area (Å²) in [6.45, 7) is 0.558. The maximum atomic E-state index is 12.0. The van der Waals surface area contributed by atoms with Gasteiger partial charge in [0.2, 0.25) is 0 Å². The molecule has 8 heteroatoms. The van der Waals surface area contributed by atoms with Crippen molar-refractivity contribution >= 4 is 21.5 Å². The average molecular weight is 374 g/mol. The fraction of sp³-hybridized carbons (Fsp3) is 0.176. The summed E-state index contributed by atoms with van der Waals surface area (Å²) in [5.41, 5.74) is 2.79. The van der Waals surface area contributed by atoms with Gasteiger partial charge in [-0.2, -0.15) is 13.1 Å². The SMILES string of the molecule is O=S(=O)(NCCc1csc(-c2ccncc2)n1)NCc1ccccc1. The monoisotopic (exact) mass is 374 g/mol. The van der Waals surface area contributed by atoms with Gasteiger partial charge in [-0.1, -0.05) is 30.3 Å². The number of pyridine rings is 1. The Labute approximate surface area is 151 Å². The molecule has 6 nitrogen and oxygen atoms in total. The summed E-state index contributed by atoms with van der Waals surface area (Å²) in [6.07, 6.45) is 3.99. The number of aromatic nitrogens is 2. The summed E-state index contributed by atoms with van der Waals surface area (Å²) in [4.78, 5) is 8.52. The lowest BCUT2D eigenvalue weighted by Gasteiger charge is -2.07. The molecule has 0 atom stereocenters. The number of rotatable bonds is 8. The Balaban J connectivity index is 1.48. The molecule has 0 aliphatic rings. The van der Waals surface area contributed by atoms with Crippen molar-refractivity contribution in [1.29, 1.82) is 0 Å². The van der Waals surface area contributed by atoms with Crippen molar-refractivity contribution in [2.45, 2.75) is 13.0 Å². The molecule has 0 bridgehead atoms. The maximum Gasteiger partial charge on any atom is 0.277 e. The van der Waals surface area contributed by atoms with Crippen LogP contribution in [0.5, 0.6) is 0 Å². The van der Waals surface area contributed by atoms with Crippen LogP contribution in [0.1, 0.15) is 11.3 Å². The van der Waals surface area contributed by atoms with E-state index >= 15 is 0 Å². The van der Waals surface area contributed by atoms with Crippen LogP contribution in [0.2, 0.25) is 0 Å². The lowest BCUT2D eigenvalue weighted by Crippen LogP contribution is -2.37. The molecule has 0 spiro atoms. The normalized spacial score (nSPS) is 11.5. The van der Waals surface area contributed by atoms with Crippen molar-refractivity contribution in [3.05, 3.63) is 71.5 Å². The lowest BCUT2D eigenvalue weighted by atomic mass is 10.2. The third-order valence-electron chi connectivity index (χ3n) is 3.46. The highest BCUT2D eigenvalue weighted by Gasteiger charge is 2.10. The Morgan fingerprint density at radius 1 is 1.00 bits per heavy atom. The third kappa shape index (κ3) is 5.43. The molecule has 3 aromatic rings. The Morgan fingerprint density at radius 2 is 1.76 bits per heavy atom. The first-order valence-electron chi connectivity index (χ1n) is 7.75. The van der Waals surface area contributed by atoms with Gasteiger partial charge in [-0.15, -0.1) is 11.3 Å². The molecule has 0 radical (unpaired) electrons. The standard InChI is InChI=1S/C17H18N4O2S2/c22-25(23,20-12-14-4-2-1-3-5-14)19-11-8-16-13-24-17(21-16)15-6-9-18-10-7-15/h1-7,9-10,13,19-20H,8,11-12H2. The highest BCUT2D eigenvalue weighted by Crippen LogP contribution is 2.22. The second kappa shape index (κ2) is 8.30. The van der Waals surface area contributed by atoms with E-state index in [1.807, 2.05) is 47.8 Å². The van der Waals surface area contributed by atoms with Gasteiger partial charge in [0.1, 0.15) is 5.01 Å². The van der Waals surface area contributed by atoms with Crippen molar-refractivity contribution < 1.29 is 8.42 Å². The molecule has 0 aliphatic carbocycles. The number of thiazole rings is 1. The van der Waals surface area contributed by atoms with Gasteiger partial charge in [0.25, 0.3) is 10.2 Å². The third-order valence-corrected chi connectivity index (χ3v) is 5.51. The van der Waals surface area contributed by atoms with Crippen molar-refractivity contribution in [3.8, 4) is 10.6 Å². The Kier molecular flexibility index (Phi) is 5.87. The predicted molar refractivity (Wildman–Crippen MR) is 99.3 cm³/mol. The van der Waals surface area contributed by atoms with Crippen LogP contribution in [-0.2, 0) is 23.2 Å². The summed E-state index contributed by atoms with van der Waals surface area (Å²) in [6, 6.07) is 13.2. The minimum Gasteiger partial charge on any atom is -0.265 e. The fourth-order valence-electron chi connectivity index (χ4n) is 2.19. The molecule has 0 saturated heterocycles. The van der Waals surface area contributed by atoms with Crippen LogP contribution in [0.3, 0.4) is 0 Å². The van der Waals surface area contributed by atoms with Crippen molar-refractivity contribution in [1.82, 2.24) is 19.4 Å². The van der Waals surface area contributed by atoms with Crippen molar-refractivity contribution in [2.75, 3.05) is 6.54 Å². The van der Waals surface area contributed by atoms with E-state index in [0.717, 1.165) is 21.8 Å². The molecule has 0 aliphatic heterocycles. The van der Waals surface area contributed by atoms with E-state index in [1.54, 1.807) is 12.4 Å². The quantitative estimate of drug-likeness (QED) is 0.634. The second-order valence-corrected chi connectivity index (χ2v) is 7.78. The van der Waals surface area contributed by atoms with E-state index in [-0.39, 0.29) is 6.54 Å². The zero-order chi connectivity index (χ0) is 17.5. The minimum atomic E-state index is -3.53. The molecular weight excluding hydrogens is 356 g/mol. The first kappa shape index (κ1) is 17.7.